The molecule has 0 saturated heterocycles. The van der Waals surface area contributed by atoms with Gasteiger partial charge in [0.2, 0.25) is 0 Å². The van der Waals surface area contributed by atoms with Crippen molar-refractivity contribution in [3.8, 4) is 11.5 Å². The van der Waals surface area contributed by atoms with Gasteiger partial charge in [-0.05, 0) is 25.1 Å². The Hall–Kier alpha value is -2.14. The fourth-order valence-corrected chi connectivity index (χ4v) is 2.44. The number of ether oxygens (including phenoxy) is 2. The average molecular weight is 285 g/mol. The molecular formula is C16H19N3O2. The van der Waals surface area contributed by atoms with Gasteiger partial charge in [0.25, 0.3) is 0 Å². The van der Waals surface area contributed by atoms with Crippen molar-refractivity contribution in [2.45, 2.75) is 25.5 Å². The van der Waals surface area contributed by atoms with Crippen molar-refractivity contribution in [2.75, 3.05) is 13.2 Å². The second-order valence-electron chi connectivity index (χ2n) is 5.02. The molecule has 0 aliphatic carbocycles. The van der Waals surface area contributed by atoms with Crippen molar-refractivity contribution >= 4 is 0 Å². The van der Waals surface area contributed by atoms with E-state index in [1.807, 2.05) is 36.7 Å². The summed E-state index contributed by atoms with van der Waals surface area (Å²) < 4.78 is 11.9. The lowest BCUT2D eigenvalue weighted by Crippen LogP contribution is -2.42. The zero-order valence-corrected chi connectivity index (χ0v) is 12.0. The van der Waals surface area contributed by atoms with Crippen LogP contribution in [0.3, 0.4) is 0 Å². The molecule has 0 bridgehead atoms. The highest BCUT2D eigenvalue weighted by molar-refractivity contribution is 5.41. The molecule has 110 valence electrons. The number of para-hydroxylation sites is 2. The summed E-state index contributed by atoms with van der Waals surface area (Å²) >= 11 is 0. The first-order valence-corrected chi connectivity index (χ1v) is 7.25. The standard InChI is InChI=1S/C16H19N3O2/c1-2-7-19-16(12-8-17-11-18-9-12)15-10-20-13-5-3-4-6-14(13)21-15/h3-6,8-9,11,15-16,19H,2,7,10H2,1H3. The molecule has 2 unspecified atom stereocenters. The smallest absolute Gasteiger partial charge is 0.161 e. The van der Waals surface area contributed by atoms with Gasteiger partial charge in [-0.3, -0.25) is 0 Å². The van der Waals surface area contributed by atoms with Crippen molar-refractivity contribution in [1.29, 1.82) is 0 Å². The summed E-state index contributed by atoms with van der Waals surface area (Å²) in [5.74, 6) is 1.58. The summed E-state index contributed by atoms with van der Waals surface area (Å²) in [6.07, 6.45) is 6.13. The van der Waals surface area contributed by atoms with Gasteiger partial charge in [0.05, 0.1) is 6.04 Å². The van der Waals surface area contributed by atoms with E-state index in [4.69, 9.17) is 9.47 Å². The summed E-state index contributed by atoms with van der Waals surface area (Å²) in [4.78, 5) is 8.21. The Bertz CT molecular complexity index is 577. The first-order valence-electron chi connectivity index (χ1n) is 7.25. The lowest BCUT2D eigenvalue weighted by molar-refractivity contribution is 0.0615. The van der Waals surface area contributed by atoms with Crippen LogP contribution in [0, 0.1) is 0 Å². The lowest BCUT2D eigenvalue weighted by atomic mass is 10.0. The number of fused-ring (bicyclic) bond motifs is 1. The number of nitrogens with zero attached hydrogens (tertiary/aromatic N) is 2. The number of aromatic nitrogens is 2. The minimum Gasteiger partial charge on any atom is -0.486 e. The molecule has 5 nitrogen and oxygen atoms in total. The molecule has 3 rings (SSSR count). The third-order valence-electron chi connectivity index (χ3n) is 3.46. The number of nitrogens with one attached hydrogen (secondary N) is 1. The summed E-state index contributed by atoms with van der Waals surface area (Å²) in [7, 11) is 0. The van der Waals surface area contributed by atoms with Crippen molar-refractivity contribution < 1.29 is 9.47 Å². The molecule has 0 spiro atoms. The second kappa shape index (κ2) is 6.54. The maximum Gasteiger partial charge on any atom is 0.161 e. The minimum absolute atomic E-state index is 0.0134. The van der Waals surface area contributed by atoms with E-state index >= 15 is 0 Å². The first kappa shape index (κ1) is 13.8. The van der Waals surface area contributed by atoms with Gasteiger partial charge in [-0.1, -0.05) is 19.1 Å². The van der Waals surface area contributed by atoms with Crippen LogP contribution in [0.4, 0.5) is 0 Å². The van der Waals surface area contributed by atoms with Gasteiger partial charge in [-0.15, -0.1) is 0 Å². The topological polar surface area (TPSA) is 56.3 Å². The van der Waals surface area contributed by atoms with Crippen LogP contribution >= 0.6 is 0 Å². The minimum atomic E-state index is -0.0996. The SMILES string of the molecule is CCCNC(c1cncnc1)C1COc2ccccc2O1. The highest BCUT2D eigenvalue weighted by Gasteiger charge is 2.30. The zero-order valence-electron chi connectivity index (χ0n) is 12.0. The van der Waals surface area contributed by atoms with Crippen molar-refractivity contribution in [3.63, 3.8) is 0 Å². The van der Waals surface area contributed by atoms with Crippen LogP contribution in [0.25, 0.3) is 0 Å². The van der Waals surface area contributed by atoms with Crippen LogP contribution in [-0.4, -0.2) is 29.2 Å². The molecule has 1 aromatic heterocycles. The third-order valence-corrected chi connectivity index (χ3v) is 3.46. The van der Waals surface area contributed by atoms with E-state index in [0.29, 0.717) is 6.61 Å². The molecule has 2 aromatic rings. The number of benzene rings is 1. The Labute approximate surface area is 124 Å². The van der Waals surface area contributed by atoms with Crippen molar-refractivity contribution in [1.82, 2.24) is 15.3 Å². The van der Waals surface area contributed by atoms with E-state index in [2.05, 4.69) is 22.2 Å². The molecule has 0 fully saturated rings. The Kier molecular flexibility index (Phi) is 4.31. The second-order valence-corrected chi connectivity index (χ2v) is 5.02. The monoisotopic (exact) mass is 285 g/mol. The molecule has 2 atom stereocenters. The van der Waals surface area contributed by atoms with Gasteiger partial charge < -0.3 is 14.8 Å². The number of hydrogen-bond acceptors (Lipinski definition) is 5. The maximum atomic E-state index is 6.10. The normalized spacial score (nSPS) is 18.2. The molecule has 0 radical (unpaired) electrons. The van der Waals surface area contributed by atoms with Gasteiger partial charge >= 0.3 is 0 Å². The highest BCUT2D eigenvalue weighted by Crippen LogP contribution is 2.34. The van der Waals surface area contributed by atoms with E-state index in [1.165, 1.54) is 6.33 Å². The van der Waals surface area contributed by atoms with E-state index < -0.39 is 0 Å². The summed E-state index contributed by atoms with van der Waals surface area (Å²) in [6.45, 7) is 3.55. The quantitative estimate of drug-likeness (QED) is 0.914. The fourth-order valence-electron chi connectivity index (χ4n) is 2.44. The third kappa shape index (κ3) is 3.13. The van der Waals surface area contributed by atoms with Crippen LogP contribution in [0.1, 0.15) is 24.9 Å². The summed E-state index contributed by atoms with van der Waals surface area (Å²) in [5, 5.41) is 3.50. The molecular weight excluding hydrogens is 266 g/mol. The predicted molar refractivity (Wildman–Crippen MR) is 79.4 cm³/mol. The zero-order chi connectivity index (χ0) is 14.5. The molecule has 5 heteroatoms. The lowest BCUT2D eigenvalue weighted by Gasteiger charge is -2.32. The molecule has 0 amide bonds. The van der Waals surface area contributed by atoms with E-state index in [9.17, 15) is 0 Å². The number of rotatable bonds is 5. The van der Waals surface area contributed by atoms with E-state index in [1.54, 1.807) is 0 Å². The van der Waals surface area contributed by atoms with Crippen LogP contribution in [0.5, 0.6) is 11.5 Å². The predicted octanol–water partition coefficient (Wildman–Crippen LogP) is 2.36. The fraction of sp³-hybridized carbons (Fsp3) is 0.375. The summed E-state index contributed by atoms with van der Waals surface area (Å²) in [6, 6.07) is 7.76. The molecule has 1 aliphatic heterocycles. The van der Waals surface area contributed by atoms with Crippen LogP contribution in [-0.2, 0) is 0 Å². The Morgan fingerprint density at radius 3 is 2.76 bits per heavy atom. The average Bonchev–Trinajstić information content (AvgIpc) is 2.56. The van der Waals surface area contributed by atoms with Crippen LogP contribution in [0.2, 0.25) is 0 Å². The molecule has 1 aromatic carbocycles. The molecule has 1 aliphatic rings. The van der Waals surface area contributed by atoms with E-state index in [0.717, 1.165) is 30.0 Å². The first-order chi connectivity index (χ1) is 10.4. The number of hydrogen-bond donors (Lipinski definition) is 1. The van der Waals surface area contributed by atoms with Gasteiger partial charge in [-0.2, -0.15) is 0 Å². The van der Waals surface area contributed by atoms with Crippen molar-refractivity contribution in [3.05, 3.63) is 48.5 Å². The molecule has 21 heavy (non-hydrogen) atoms. The molecule has 1 N–H and O–H groups in total. The summed E-state index contributed by atoms with van der Waals surface area (Å²) in [5.41, 5.74) is 1.01. The van der Waals surface area contributed by atoms with Crippen molar-refractivity contribution in [2.24, 2.45) is 0 Å². The Morgan fingerprint density at radius 1 is 1.24 bits per heavy atom. The van der Waals surface area contributed by atoms with Gasteiger partial charge in [-0.25, -0.2) is 9.97 Å². The largest absolute Gasteiger partial charge is 0.486 e. The molecule has 2 heterocycles. The Balaban J connectivity index is 1.81. The van der Waals surface area contributed by atoms with Gasteiger partial charge in [0.1, 0.15) is 12.9 Å². The van der Waals surface area contributed by atoms with Crippen LogP contribution in [0.15, 0.2) is 43.0 Å². The van der Waals surface area contributed by atoms with Crippen LogP contribution < -0.4 is 14.8 Å². The Morgan fingerprint density at radius 2 is 2.00 bits per heavy atom. The van der Waals surface area contributed by atoms with Gasteiger partial charge in [0, 0.05) is 18.0 Å². The van der Waals surface area contributed by atoms with Gasteiger partial charge in [0.15, 0.2) is 17.6 Å². The maximum absolute atomic E-state index is 6.10. The molecule has 0 saturated carbocycles. The van der Waals surface area contributed by atoms with E-state index in [-0.39, 0.29) is 12.1 Å². The highest BCUT2D eigenvalue weighted by atomic mass is 16.6.